The molecule has 0 unspecified atom stereocenters. The fraction of sp³-hybridized carbons (Fsp3) is 0.571. The molecule has 104 valence electrons. The van der Waals surface area contributed by atoms with Crippen LogP contribution in [0.15, 0.2) is 16.9 Å². The summed E-state index contributed by atoms with van der Waals surface area (Å²) in [5.41, 5.74) is 0.933. The molecule has 1 aliphatic rings. The molecule has 0 atom stereocenters. The minimum atomic E-state index is -0.250. The van der Waals surface area contributed by atoms with Crippen LogP contribution in [0.4, 0.5) is 0 Å². The summed E-state index contributed by atoms with van der Waals surface area (Å²) < 4.78 is 5.22. The van der Waals surface area contributed by atoms with Gasteiger partial charge < -0.3 is 15.0 Å². The zero-order valence-corrected chi connectivity index (χ0v) is 11.4. The number of ether oxygens (including phenoxy) is 1. The van der Waals surface area contributed by atoms with Gasteiger partial charge in [0.25, 0.3) is 5.91 Å². The molecule has 1 aromatic heterocycles. The van der Waals surface area contributed by atoms with Crippen molar-refractivity contribution in [2.24, 2.45) is 5.41 Å². The fourth-order valence-electron chi connectivity index (χ4n) is 2.54. The van der Waals surface area contributed by atoms with Gasteiger partial charge in [-0.1, -0.05) is 6.42 Å². The molecule has 1 heterocycles. The van der Waals surface area contributed by atoms with E-state index in [1.165, 1.54) is 12.5 Å². The first-order valence-corrected chi connectivity index (χ1v) is 6.53. The number of aromatic nitrogens is 1. The number of methoxy groups -OCH3 is 1. The van der Waals surface area contributed by atoms with Crippen LogP contribution in [-0.2, 0) is 4.74 Å². The van der Waals surface area contributed by atoms with Crippen LogP contribution in [0, 0.1) is 12.3 Å². The van der Waals surface area contributed by atoms with Gasteiger partial charge in [-0.2, -0.15) is 0 Å². The van der Waals surface area contributed by atoms with E-state index >= 15 is 0 Å². The number of pyridine rings is 1. The smallest absolute Gasteiger partial charge is 0.251 e. The Morgan fingerprint density at radius 1 is 1.47 bits per heavy atom. The number of carbonyl (C=O) groups is 1. The van der Waals surface area contributed by atoms with E-state index < -0.39 is 0 Å². The van der Waals surface area contributed by atoms with Crippen LogP contribution in [-0.4, -0.2) is 31.2 Å². The molecule has 0 bridgehead atoms. The third-order valence-electron chi connectivity index (χ3n) is 3.73. The summed E-state index contributed by atoms with van der Waals surface area (Å²) in [7, 11) is 1.68. The molecule has 0 aromatic carbocycles. The molecule has 19 heavy (non-hydrogen) atoms. The summed E-state index contributed by atoms with van der Waals surface area (Å²) in [6.45, 7) is 3.03. The van der Waals surface area contributed by atoms with E-state index in [2.05, 4.69) is 10.3 Å². The van der Waals surface area contributed by atoms with Crippen molar-refractivity contribution in [2.45, 2.75) is 26.2 Å². The molecule has 5 heteroatoms. The molecule has 0 spiro atoms. The van der Waals surface area contributed by atoms with Crippen LogP contribution in [0.2, 0.25) is 0 Å². The molecule has 1 fully saturated rings. The Kier molecular flexibility index (Phi) is 4.04. The van der Waals surface area contributed by atoms with E-state index in [0.717, 1.165) is 12.8 Å². The first-order valence-electron chi connectivity index (χ1n) is 6.53. The zero-order valence-electron chi connectivity index (χ0n) is 11.4. The van der Waals surface area contributed by atoms with E-state index in [0.29, 0.717) is 24.4 Å². The monoisotopic (exact) mass is 264 g/mol. The van der Waals surface area contributed by atoms with Crippen LogP contribution < -0.4 is 10.9 Å². The van der Waals surface area contributed by atoms with Crippen molar-refractivity contribution < 1.29 is 9.53 Å². The number of amides is 1. The second kappa shape index (κ2) is 5.57. The lowest BCUT2D eigenvalue weighted by Crippen LogP contribution is -2.45. The average molecular weight is 264 g/mol. The van der Waals surface area contributed by atoms with Gasteiger partial charge in [-0.15, -0.1) is 0 Å². The van der Waals surface area contributed by atoms with Crippen molar-refractivity contribution >= 4 is 5.91 Å². The van der Waals surface area contributed by atoms with Crippen molar-refractivity contribution in [3.05, 3.63) is 33.7 Å². The first kappa shape index (κ1) is 13.8. The third kappa shape index (κ3) is 3.23. The highest BCUT2D eigenvalue weighted by atomic mass is 16.5. The quantitative estimate of drug-likeness (QED) is 0.840. The van der Waals surface area contributed by atoms with Crippen LogP contribution in [0.1, 0.15) is 35.3 Å². The van der Waals surface area contributed by atoms with E-state index in [-0.39, 0.29) is 16.9 Å². The maximum atomic E-state index is 12.0. The van der Waals surface area contributed by atoms with E-state index in [4.69, 9.17) is 4.74 Å². The summed E-state index contributed by atoms with van der Waals surface area (Å²) in [5.74, 6) is -0.198. The molecule has 1 saturated carbocycles. The van der Waals surface area contributed by atoms with Crippen LogP contribution in [0.5, 0.6) is 0 Å². The van der Waals surface area contributed by atoms with Crippen LogP contribution in [0.25, 0.3) is 0 Å². The average Bonchev–Trinajstić information content (AvgIpc) is 2.30. The van der Waals surface area contributed by atoms with Crippen molar-refractivity contribution in [3.63, 3.8) is 0 Å². The lowest BCUT2D eigenvalue weighted by molar-refractivity contribution is 0.0180. The molecule has 1 aliphatic carbocycles. The van der Waals surface area contributed by atoms with Gasteiger partial charge in [-0.25, -0.2) is 0 Å². The highest BCUT2D eigenvalue weighted by Crippen LogP contribution is 2.40. The molecule has 2 rings (SSSR count). The summed E-state index contributed by atoms with van der Waals surface area (Å²) in [6, 6.07) is 3.01. The van der Waals surface area contributed by atoms with Gasteiger partial charge in [-0.05, 0) is 25.8 Å². The second-order valence-electron chi connectivity index (χ2n) is 5.39. The van der Waals surface area contributed by atoms with E-state index in [9.17, 15) is 9.59 Å². The highest BCUT2D eigenvalue weighted by Gasteiger charge is 2.37. The Bertz CT molecular complexity index is 518. The number of hydrogen-bond donors (Lipinski definition) is 2. The number of nitrogens with one attached hydrogen (secondary N) is 2. The van der Waals surface area contributed by atoms with Gasteiger partial charge in [-0.3, -0.25) is 9.59 Å². The summed E-state index contributed by atoms with van der Waals surface area (Å²) >= 11 is 0. The molecule has 0 saturated heterocycles. The van der Waals surface area contributed by atoms with E-state index in [1.807, 2.05) is 0 Å². The van der Waals surface area contributed by atoms with Gasteiger partial charge in [0, 0.05) is 36.4 Å². The number of aromatic amines is 1. The van der Waals surface area contributed by atoms with Crippen LogP contribution >= 0.6 is 0 Å². The second-order valence-corrected chi connectivity index (χ2v) is 5.39. The molecule has 5 nitrogen and oxygen atoms in total. The fourth-order valence-corrected chi connectivity index (χ4v) is 2.54. The predicted octanol–water partition coefficient (Wildman–Crippen LogP) is 1.23. The summed E-state index contributed by atoms with van der Waals surface area (Å²) in [4.78, 5) is 26.0. The predicted molar refractivity (Wildman–Crippen MR) is 72.3 cm³/mol. The number of aryl methyl sites for hydroxylation is 1. The van der Waals surface area contributed by atoms with E-state index in [1.54, 1.807) is 20.1 Å². The van der Waals surface area contributed by atoms with Gasteiger partial charge >= 0.3 is 0 Å². The molecule has 0 radical (unpaired) electrons. The summed E-state index contributed by atoms with van der Waals surface area (Å²) in [6.07, 6.45) is 3.34. The standard InChI is InChI=1S/C14H20N2O3/c1-10-6-11(7-12(17)16-10)13(18)15-8-14(9-19-2)4-3-5-14/h6-7H,3-5,8-9H2,1-2H3,(H,15,18)(H,16,17). The normalized spacial score (nSPS) is 16.7. The lowest BCUT2D eigenvalue weighted by atomic mass is 9.69. The third-order valence-corrected chi connectivity index (χ3v) is 3.73. The van der Waals surface area contributed by atoms with Gasteiger partial charge in [0.1, 0.15) is 0 Å². The SMILES string of the molecule is COCC1(CNC(=O)c2cc(C)[nH]c(=O)c2)CCC1. The number of hydrogen-bond acceptors (Lipinski definition) is 3. The zero-order chi connectivity index (χ0) is 13.9. The Morgan fingerprint density at radius 3 is 2.74 bits per heavy atom. The Morgan fingerprint density at radius 2 is 2.21 bits per heavy atom. The number of H-pyrrole nitrogens is 1. The minimum absolute atomic E-state index is 0.0840. The molecule has 1 aromatic rings. The first-order chi connectivity index (χ1) is 9.04. The Hall–Kier alpha value is -1.62. The molecule has 2 N–H and O–H groups in total. The molecular formula is C14H20N2O3. The maximum absolute atomic E-state index is 12.0. The van der Waals surface area contributed by atoms with Crippen molar-refractivity contribution in [3.8, 4) is 0 Å². The highest BCUT2D eigenvalue weighted by molar-refractivity contribution is 5.94. The molecule has 1 amide bonds. The minimum Gasteiger partial charge on any atom is -0.384 e. The Labute approximate surface area is 112 Å². The Balaban J connectivity index is 1.99. The van der Waals surface area contributed by atoms with Crippen molar-refractivity contribution in [1.82, 2.24) is 10.3 Å². The number of carbonyl (C=O) groups excluding carboxylic acids is 1. The largest absolute Gasteiger partial charge is 0.384 e. The van der Waals surface area contributed by atoms with Crippen molar-refractivity contribution in [1.29, 1.82) is 0 Å². The van der Waals surface area contributed by atoms with Crippen LogP contribution in [0.3, 0.4) is 0 Å². The molecular weight excluding hydrogens is 244 g/mol. The van der Waals surface area contributed by atoms with Gasteiger partial charge in [0.2, 0.25) is 5.56 Å². The topological polar surface area (TPSA) is 71.2 Å². The summed E-state index contributed by atoms with van der Waals surface area (Å²) in [5, 5.41) is 2.91. The van der Waals surface area contributed by atoms with Gasteiger partial charge in [0.05, 0.1) is 6.61 Å². The lowest BCUT2D eigenvalue weighted by Gasteiger charge is -2.41. The maximum Gasteiger partial charge on any atom is 0.251 e. The van der Waals surface area contributed by atoms with Crippen molar-refractivity contribution in [2.75, 3.05) is 20.3 Å². The number of rotatable bonds is 5. The van der Waals surface area contributed by atoms with Gasteiger partial charge in [0.15, 0.2) is 0 Å². The molecule has 0 aliphatic heterocycles.